The fraction of sp³-hybridized carbons (Fsp3) is 0.500. The topological polar surface area (TPSA) is 78.3 Å². The number of nitrogens with zero attached hydrogens (tertiary/aromatic N) is 1. The molecule has 5 heteroatoms. The minimum absolute atomic E-state index is 0.0918. The molecule has 0 bridgehead atoms. The molecule has 5 nitrogen and oxygen atoms in total. The smallest absolute Gasteiger partial charge is 0.375 e. The van der Waals surface area contributed by atoms with Gasteiger partial charge in [0.05, 0.1) is 18.8 Å². The average molecular weight is 184 g/mol. The fourth-order valence-corrected chi connectivity index (χ4v) is 0.795. The summed E-state index contributed by atoms with van der Waals surface area (Å²) in [5.41, 5.74) is 5.49. The predicted octanol–water partition coefficient (Wildman–Crippen LogP) is 0.871. The van der Waals surface area contributed by atoms with E-state index in [1.807, 2.05) is 0 Å². The van der Waals surface area contributed by atoms with Gasteiger partial charge in [0.25, 0.3) is 0 Å². The Hall–Kier alpha value is -1.36. The van der Waals surface area contributed by atoms with Gasteiger partial charge in [0.15, 0.2) is 0 Å². The van der Waals surface area contributed by atoms with Crippen molar-refractivity contribution in [2.75, 3.05) is 6.61 Å². The highest BCUT2D eigenvalue weighted by Crippen LogP contribution is 2.10. The van der Waals surface area contributed by atoms with Crippen molar-refractivity contribution in [3.05, 3.63) is 17.8 Å². The number of ether oxygens (including phenoxy) is 1. The van der Waals surface area contributed by atoms with Crippen molar-refractivity contribution in [1.29, 1.82) is 0 Å². The molecule has 72 valence electrons. The molecule has 0 aromatic carbocycles. The van der Waals surface area contributed by atoms with E-state index in [-0.39, 0.29) is 11.8 Å². The molecule has 0 spiro atoms. The van der Waals surface area contributed by atoms with Crippen LogP contribution in [0.15, 0.2) is 10.6 Å². The van der Waals surface area contributed by atoms with Gasteiger partial charge in [-0.15, -0.1) is 0 Å². The first-order valence-electron chi connectivity index (χ1n) is 4.03. The lowest BCUT2D eigenvalue weighted by atomic mass is 10.4. The van der Waals surface area contributed by atoms with Gasteiger partial charge in [-0.1, -0.05) is 0 Å². The Morgan fingerprint density at radius 3 is 3.00 bits per heavy atom. The summed E-state index contributed by atoms with van der Waals surface area (Å²) in [6.45, 7) is 3.76. The van der Waals surface area contributed by atoms with Gasteiger partial charge < -0.3 is 14.9 Å². The Labute approximate surface area is 75.9 Å². The molecule has 1 heterocycles. The zero-order valence-electron chi connectivity index (χ0n) is 7.61. The molecule has 1 rings (SSSR count). The summed E-state index contributed by atoms with van der Waals surface area (Å²) in [4.78, 5) is 14.9. The van der Waals surface area contributed by atoms with Crippen molar-refractivity contribution in [1.82, 2.24) is 4.98 Å². The SMILES string of the molecule is CCOC(=O)c1cnc(C(C)N)o1. The van der Waals surface area contributed by atoms with Crippen LogP contribution < -0.4 is 5.73 Å². The minimum atomic E-state index is -0.512. The van der Waals surface area contributed by atoms with Gasteiger partial charge in [-0.2, -0.15) is 0 Å². The number of carbonyl (C=O) groups is 1. The lowest BCUT2D eigenvalue weighted by Gasteiger charge is -1.97. The summed E-state index contributed by atoms with van der Waals surface area (Å²) in [6, 6.07) is -0.317. The monoisotopic (exact) mass is 184 g/mol. The minimum Gasteiger partial charge on any atom is -0.460 e. The molecule has 0 amide bonds. The number of rotatable bonds is 3. The van der Waals surface area contributed by atoms with E-state index in [9.17, 15) is 4.79 Å². The maximum Gasteiger partial charge on any atom is 0.375 e. The van der Waals surface area contributed by atoms with Crippen LogP contribution in [0.3, 0.4) is 0 Å². The van der Waals surface area contributed by atoms with Crippen LogP contribution >= 0.6 is 0 Å². The highest BCUT2D eigenvalue weighted by Gasteiger charge is 2.14. The van der Waals surface area contributed by atoms with E-state index < -0.39 is 5.97 Å². The second kappa shape index (κ2) is 4.04. The lowest BCUT2D eigenvalue weighted by molar-refractivity contribution is 0.0487. The van der Waals surface area contributed by atoms with E-state index >= 15 is 0 Å². The zero-order chi connectivity index (χ0) is 9.84. The highest BCUT2D eigenvalue weighted by atomic mass is 16.5. The quantitative estimate of drug-likeness (QED) is 0.705. The van der Waals surface area contributed by atoms with Gasteiger partial charge in [-0.25, -0.2) is 9.78 Å². The molecule has 0 saturated carbocycles. The number of aromatic nitrogens is 1. The molecule has 1 aromatic rings. The Morgan fingerprint density at radius 2 is 2.54 bits per heavy atom. The van der Waals surface area contributed by atoms with Crippen LogP contribution in [0.5, 0.6) is 0 Å². The second-order valence-electron chi connectivity index (χ2n) is 2.57. The summed E-state index contributed by atoms with van der Waals surface area (Å²) in [5.74, 6) is -0.0842. The van der Waals surface area contributed by atoms with Gasteiger partial charge in [0.1, 0.15) is 0 Å². The van der Waals surface area contributed by atoms with Crippen LogP contribution in [0.1, 0.15) is 36.3 Å². The van der Waals surface area contributed by atoms with Crippen LogP contribution in [0.2, 0.25) is 0 Å². The zero-order valence-corrected chi connectivity index (χ0v) is 7.61. The first-order chi connectivity index (χ1) is 6.15. The summed E-state index contributed by atoms with van der Waals surface area (Å²) in [5, 5.41) is 0. The third-order valence-corrected chi connectivity index (χ3v) is 1.39. The van der Waals surface area contributed by atoms with Gasteiger partial charge in [-0.3, -0.25) is 0 Å². The molecule has 0 fully saturated rings. The second-order valence-corrected chi connectivity index (χ2v) is 2.57. The molecule has 0 saturated heterocycles. The largest absolute Gasteiger partial charge is 0.460 e. The maximum atomic E-state index is 11.1. The Morgan fingerprint density at radius 1 is 1.85 bits per heavy atom. The van der Waals surface area contributed by atoms with E-state index in [4.69, 9.17) is 14.9 Å². The number of hydrogen-bond acceptors (Lipinski definition) is 5. The molecule has 0 aliphatic carbocycles. The van der Waals surface area contributed by atoms with Crippen molar-refractivity contribution in [3.63, 3.8) is 0 Å². The number of esters is 1. The fourth-order valence-electron chi connectivity index (χ4n) is 0.795. The van der Waals surface area contributed by atoms with Crippen molar-refractivity contribution in [3.8, 4) is 0 Å². The first-order valence-corrected chi connectivity index (χ1v) is 4.03. The van der Waals surface area contributed by atoms with Gasteiger partial charge >= 0.3 is 5.97 Å². The number of oxazole rings is 1. The van der Waals surface area contributed by atoms with Crippen molar-refractivity contribution >= 4 is 5.97 Å². The predicted molar refractivity (Wildman–Crippen MR) is 45.1 cm³/mol. The van der Waals surface area contributed by atoms with Crippen LogP contribution in [-0.2, 0) is 4.74 Å². The molecule has 0 radical (unpaired) electrons. The number of nitrogens with two attached hydrogens (primary N) is 1. The number of hydrogen-bond donors (Lipinski definition) is 1. The summed E-state index contributed by atoms with van der Waals surface area (Å²) in [6.07, 6.45) is 1.32. The van der Waals surface area contributed by atoms with Crippen LogP contribution in [0, 0.1) is 0 Å². The molecule has 2 N–H and O–H groups in total. The molecule has 0 aliphatic heterocycles. The Bertz CT molecular complexity index is 293. The molecule has 1 atom stereocenters. The van der Waals surface area contributed by atoms with Gasteiger partial charge in [-0.05, 0) is 13.8 Å². The molecule has 1 unspecified atom stereocenters. The van der Waals surface area contributed by atoms with E-state index in [2.05, 4.69) is 4.98 Å². The van der Waals surface area contributed by atoms with E-state index in [0.29, 0.717) is 12.5 Å². The van der Waals surface area contributed by atoms with E-state index in [0.717, 1.165) is 0 Å². The van der Waals surface area contributed by atoms with E-state index in [1.165, 1.54) is 6.20 Å². The third-order valence-electron chi connectivity index (χ3n) is 1.39. The van der Waals surface area contributed by atoms with Gasteiger partial charge in [0.2, 0.25) is 11.7 Å². The summed E-state index contributed by atoms with van der Waals surface area (Å²) in [7, 11) is 0. The van der Waals surface area contributed by atoms with Crippen molar-refractivity contribution in [2.24, 2.45) is 5.73 Å². The van der Waals surface area contributed by atoms with Gasteiger partial charge in [0, 0.05) is 0 Å². The van der Waals surface area contributed by atoms with Crippen molar-refractivity contribution in [2.45, 2.75) is 19.9 Å². The summed E-state index contributed by atoms with van der Waals surface area (Å²) >= 11 is 0. The van der Waals surface area contributed by atoms with E-state index in [1.54, 1.807) is 13.8 Å². The lowest BCUT2D eigenvalue weighted by Crippen LogP contribution is -2.05. The normalized spacial score (nSPS) is 12.5. The van der Waals surface area contributed by atoms with Crippen LogP contribution in [-0.4, -0.2) is 17.6 Å². The first kappa shape index (κ1) is 9.73. The molecule has 13 heavy (non-hydrogen) atoms. The Kier molecular flexibility index (Phi) is 3.02. The average Bonchev–Trinajstić information content (AvgIpc) is 2.52. The molecular weight excluding hydrogens is 172 g/mol. The molecule has 1 aromatic heterocycles. The van der Waals surface area contributed by atoms with Crippen LogP contribution in [0.25, 0.3) is 0 Å². The third kappa shape index (κ3) is 2.29. The highest BCUT2D eigenvalue weighted by molar-refractivity contribution is 5.85. The molecule has 0 aliphatic rings. The van der Waals surface area contributed by atoms with Crippen LogP contribution in [0.4, 0.5) is 0 Å². The standard InChI is InChI=1S/C8H12N2O3/c1-3-12-8(11)6-4-10-7(13-6)5(2)9/h4-5H,3,9H2,1-2H3. The number of carbonyl (C=O) groups excluding carboxylic acids is 1. The molecular formula is C8H12N2O3. The summed E-state index contributed by atoms with van der Waals surface area (Å²) < 4.78 is 9.76. The van der Waals surface area contributed by atoms with Crippen molar-refractivity contribution < 1.29 is 13.9 Å². The Balaban J connectivity index is 2.73. The maximum absolute atomic E-state index is 11.1.